The molecule has 0 saturated carbocycles. The molecule has 1 N–H and O–H groups in total. The summed E-state index contributed by atoms with van der Waals surface area (Å²) in [6, 6.07) is 5.86. The van der Waals surface area contributed by atoms with Gasteiger partial charge in [0.05, 0.1) is 7.11 Å². The van der Waals surface area contributed by atoms with Crippen LogP contribution in [0.5, 0.6) is 5.75 Å². The standard InChI is InChI=1S/C18H26O3/c1-4-6-7-8-14(5-2)17-13-16(21-3)11-9-15(17)10-12-18(19)20/h9-14H,4-8H2,1-3H3,(H,19,20)/b12-10+. The van der Waals surface area contributed by atoms with E-state index in [-0.39, 0.29) is 0 Å². The third kappa shape index (κ3) is 5.62. The maximum atomic E-state index is 10.7. The monoisotopic (exact) mass is 290 g/mol. The number of carbonyl (C=O) groups is 1. The number of ether oxygens (including phenoxy) is 1. The number of hydrogen-bond acceptors (Lipinski definition) is 2. The fourth-order valence-electron chi connectivity index (χ4n) is 2.57. The van der Waals surface area contributed by atoms with Crippen molar-refractivity contribution in [3.05, 3.63) is 35.4 Å². The van der Waals surface area contributed by atoms with Crippen LogP contribution in [0, 0.1) is 0 Å². The molecule has 0 heterocycles. The second-order valence-corrected chi connectivity index (χ2v) is 5.27. The van der Waals surface area contributed by atoms with Gasteiger partial charge in [-0.2, -0.15) is 0 Å². The van der Waals surface area contributed by atoms with E-state index in [2.05, 4.69) is 13.8 Å². The number of hydrogen-bond donors (Lipinski definition) is 1. The Kier molecular flexibility index (Phi) is 7.59. The number of unbranched alkanes of at least 4 members (excludes halogenated alkanes) is 2. The molecule has 0 aromatic heterocycles. The van der Waals surface area contributed by atoms with Crippen LogP contribution in [0.2, 0.25) is 0 Å². The van der Waals surface area contributed by atoms with E-state index in [9.17, 15) is 4.79 Å². The number of aliphatic carboxylic acids is 1. The second kappa shape index (κ2) is 9.22. The van der Waals surface area contributed by atoms with E-state index < -0.39 is 5.97 Å². The highest BCUT2D eigenvalue weighted by Gasteiger charge is 2.13. The zero-order chi connectivity index (χ0) is 15.7. The van der Waals surface area contributed by atoms with Gasteiger partial charge in [-0.15, -0.1) is 0 Å². The third-order valence-electron chi connectivity index (χ3n) is 3.79. The fraction of sp³-hybridized carbons (Fsp3) is 0.500. The van der Waals surface area contributed by atoms with Crippen molar-refractivity contribution >= 4 is 12.0 Å². The molecule has 1 unspecified atom stereocenters. The SMILES string of the molecule is CCCCCC(CC)c1cc(OC)ccc1/C=C/C(=O)O. The van der Waals surface area contributed by atoms with Gasteiger partial charge in [0, 0.05) is 6.08 Å². The van der Waals surface area contributed by atoms with E-state index in [1.807, 2.05) is 18.2 Å². The van der Waals surface area contributed by atoms with Crippen LogP contribution in [-0.4, -0.2) is 18.2 Å². The van der Waals surface area contributed by atoms with Gasteiger partial charge in [0.15, 0.2) is 0 Å². The lowest BCUT2D eigenvalue weighted by Crippen LogP contribution is -2.01. The van der Waals surface area contributed by atoms with Crippen LogP contribution in [0.15, 0.2) is 24.3 Å². The largest absolute Gasteiger partial charge is 0.497 e. The highest BCUT2D eigenvalue weighted by atomic mass is 16.5. The molecule has 0 aliphatic carbocycles. The first-order valence-corrected chi connectivity index (χ1v) is 7.71. The Morgan fingerprint density at radius 1 is 1.33 bits per heavy atom. The Labute approximate surface area is 127 Å². The van der Waals surface area contributed by atoms with Gasteiger partial charge in [0.2, 0.25) is 0 Å². The quantitative estimate of drug-likeness (QED) is 0.521. The average molecular weight is 290 g/mol. The molecule has 0 aliphatic heterocycles. The zero-order valence-corrected chi connectivity index (χ0v) is 13.3. The Balaban J connectivity index is 3.05. The molecular weight excluding hydrogens is 264 g/mol. The molecule has 1 atom stereocenters. The molecule has 1 aromatic carbocycles. The smallest absolute Gasteiger partial charge is 0.328 e. The predicted molar refractivity (Wildman–Crippen MR) is 86.8 cm³/mol. The van der Waals surface area contributed by atoms with Crippen LogP contribution in [0.4, 0.5) is 0 Å². The maximum Gasteiger partial charge on any atom is 0.328 e. The van der Waals surface area contributed by atoms with Crippen LogP contribution in [0.25, 0.3) is 6.08 Å². The number of carboxylic acid groups (broad SMARTS) is 1. The predicted octanol–water partition coefficient (Wildman–Crippen LogP) is 4.87. The van der Waals surface area contributed by atoms with Crippen molar-refractivity contribution in [3.63, 3.8) is 0 Å². The van der Waals surface area contributed by atoms with Crippen molar-refractivity contribution in [2.75, 3.05) is 7.11 Å². The first-order chi connectivity index (χ1) is 10.1. The van der Waals surface area contributed by atoms with Crippen molar-refractivity contribution in [1.29, 1.82) is 0 Å². The molecule has 0 amide bonds. The van der Waals surface area contributed by atoms with Gasteiger partial charge in [-0.25, -0.2) is 4.79 Å². The second-order valence-electron chi connectivity index (χ2n) is 5.27. The van der Waals surface area contributed by atoms with Crippen molar-refractivity contribution in [1.82, 2.24) is 0 Å². The summed E-state index contributed by atoms with van der Waals surface area (Å²) in [5, 5.41) is 8.82. The summed E-state index contributed by atoms with van der Waals surface area (Å²) < 4.78 is 5.32. The van der Waals surface area contributed by atoms with Crippen molar-refractivity contribution in [2.45, 2.75) is 51.9 Å². The van der Waals surface area contributed by atoms with Crippen LogP contribution in [0.1, 0.15) is 63.0 Å². The van der Waals surface area contributed by atoms with Crippen molar-refractivity contribution in [2.24, 2.45) is 0 Å². The van der Waals surface area contributed by atoms with E-state index in [0.29, 0.717) is 5.92 Å². The lowest BCUT2D eigenvalue weighted by atomic mass is 9.87. The summed E-state index contributed by atoms with van der Waals surface area (Å²) in [4.78, 5) is 10.7. The molecule has 0 fully saturated rings. The molecule has 116 valence electrons. The normalized spacial score (nSPS) is 12.5. The Morgan fingerprint density at radius 2 is 2.10 bits per heavy atom. The van der Waals surface area contributed by atoms with Gasteiger partial charge >= 0.3 is 5.97 Å². The van der Waals surface area contributed by atoms with Crippen molar-refractivity contribution < 1.29 is 14.6 Å². The molecule has 1 aromatic rings. The summed E-state index contributed by atoms with van der Waals surface area (Å²) in [6.45, 7) is 4.38. The van der Waals surface area contributed by atoms with Gasteiger partial charge in [-0.05, 0) is 48.1 Å². The summed E-state index contributed by atoms with van der Waals surface area (Å²) >= 11 is 0. The lowest BCUT2D eigenvalue weighted by molar-refractivity contribution is -0.131. The molecule has 0 spiro atoms. The highest BCUT2D eigenvalue weighted by Crippen LogP contribution is 2.32. The van der Waals surface area contributed by atoms with Crippen LogP contribution < -0.4 is 4.74 Å². The molecule has 3 heteroatoms. The van der Waals surface area contributed by atoms with E-state index >= 15 is 0 Å². The fourth-order valence-corrected chi connectivity index (χ4v) is 2.57. The van der Waals surface area contributed by atoms with Crippen LogP contribution >= 0.6 is 0 Å². The minimum absolute atomic E-state index is 0.445. The van der Waals surface area contributed by atoms with E-state index in [4.69, 9.17) is 9.84 Å². The first kappa shape index (κ1) is 17.3. The number of methoxy groups -OCH3 is 1. The maximum absolute atomic E-state index is 10.7. The average Bonchev–Trinajstić information content (AvgIpc) is 2.49. The highest BCUT2D eigenvalue weighted by molar-refractivity contribution is 5.85. The third-order valence-corrected chi connectivity index (χ3v) is 3.79. The molecule has 0 aliphatic rings. The van der Waals surface area contributed by atoms with E-state index in [0.717, 1.165) is 24.2 Å². The first-order valence-electron chi connectivity index (χ1n) is 7.71. The Morgan fingerprint density at radius 3 is 2.67 bits per heavy atom. The topological polar surface area (TPSA) is 46.5 Å². The zero-order valence-electron chi connectivity index (χ0n) is 13.3. The van der Waals surface area contributed by atoms with Gasteiger partial charge in [-0.3, -0.25) is 0 Å². The minimum Gasteiger partial charge on any atom is -0.497 e. The molecule has 0 bridgehead atoms. The molecule has 1 rings (SSSR count). The number of benzene rings is 1. The Bertz CT molecular complexity index is 477. The molecular formula is C18H26O3. The van der Waals surface area contributed by atoms with Gasteiger partial charge in [0.25, 0.3) is 0 Å². The summed E-state index contributed by atoms with van der Waals surface area (Å²) in [5.41, 5.74) is 2.16. The lowest BCUT2D eigenvalue weighted by Gasteiger charge is -2.19. The molecule has 3 nitrogen and oxygen atoms in total. The summed E-state index contributed by atoms with van der Waals surface area (Å²) in [6.07, 6.45) is 8.70. The van der Waals surface area contributed by atoms with Crippen LogP contribution in [-0.2, 0) is 4.79 Å². The van der Waals surface area contributed by atoms with Crippen LogP contribution in [0.3, 0.4) is 0 Å². The van der Waals surface area contributed by atoms with Gasteiger partial charge < -0.3 is 9.84 Å². The number of rotatable bonds is 9. The summed E-state index contributed by atoms with van der Waals surface area (Å²) in [7, 11) is 1.66. The van der Waals surface area contributed by atoms with E-state index in [1.165, 1.54) is 30.9 Å². The Hall–Kier alpha value is -1.77. The van der Waals surface area contributed by atoms with Crippen molar-refractivity contribution in [3.8, 4) is 5.75 Å². The summed E-state index contributed by atoms with van der Waals surface area (Å²) in [5.74, 6) is 0.349. The number of carboxylic acids is 1. The van der Waals surface area contributed by atoms with E-state index in [1.54, 1.807) is 13.2 Å². The van der Waals surface area contributed by atoms with Gasteiger partial charge in [0.1, 0.15) is 5.75 Å². The molecule has 0 saturated heterocycles. The minimum atomic E-state index is -0.921. The molecule has 0 radical (unpaired) electrons. The molecule has 21 heavy (non-hydrogen) atoms. The van der Waals surface area contributed by atoms with Gasteiger partial charge in [-0.1, -0.05) is 39.2 Å².